The first-order chi connectivity index (χ1) is 6.14. The molecule has 0 heterocycles. The summed E-state index contributed by atoms with van der Waals surface area (Å²) in [6.07, 6.45) is 0. The number of halogens is 4. The van der Waals surface area contributed by atoms with Crippen LogP contribution >= 0.6 is 0 Å². The van der Waals surface area contributed by atoms with Crippen LogP contribution in [0.5, 0.6) is 0 Å². The molecule has 0 radical (unpaired) electrons. The maximum atomic E-state index is 12.7. The predicted octanol–water partition coefficient (Wildman–Crippen LogP) is -0.0115. The molecule has 1 aliphatic rings. The van der Waals surface area contributed by atoms with Crippen molar-refractivity contribution in [1.29, 1.82) is 5.41 Å². The highest BCUT2D eigenvalue weighted by molar-refractivity contribution is 6.25. The molecule has 0 aromatic heterocycles. The maximum Gasteiger partial charge on any atom is 0.357 e. The second-order valence-electron chi connectivity index (χ2n) is 2.68. The van der Waals surface area contributed by atoms with Gasteiger partial charge in [-0.1, -0.05) is 0 Å². The molecule has 1 amide bonds. The van der Waals surface area contributed by atoms with Crippen LogP contribution in [0.2, 0.25) is 0 Å². The summed E-state index contributed by atoms with van der Waals surface area (Å²) in [5, 5.41) is 6.66. The van der Waals surface area contributed by atoms with Gasteiger partial charge in [-0.3, -0.25) is 10.2 Å². The Hall–Kier alpha value is -1.60. The zero-order valence-electron chi connectivity index (χ0n) is 6.57. The van der Waals surface area contributed by atoms with Gasteiger partial charge in [0.2, 0.25) is 0 Å². The fraction of sp³-hybridized carbons (Fsp3) is 0.333. The number of carbonyl (C=O) groups is 1. The number of carbonyl (C=O) groups excluding carboxylic acids is 1. The molecule has 0 saturated carbocycles. The molecule has 0 aromatic carbocycles. The molecule has 1 aliphatic carbocycles. The topological polar surface area (TPSA) is 93.0 Å². The van der Waals surface area contributed by atoms with Crippen molar-refractivity contribution in [3.05, 3.63) is 11.3 Å². The van der Waals surface area contributed by atoms with E-state index < -0.39 is 34.7 Å². The van der Waals surface area contributed by atoms with E-state index in [-0.39, 0.29) is 0 Å². The molecule has 1 rings (SSSR count). The smallest absolute Gasteiger partial charge is 0.357 e. The van der Waals surface area contributed by atoms with E-state index in [9.17, 15) is 22.4 Å². The summed E-state index contributed by atoms with van der Waals surface area (Å²) in [6, 6.07) is 0. The van der Waals surface area contributed by atoms with Gasteiger partial charge in [0.25, 0.3) is 5.91 Å². The third-order valence-electron chi connectivity index (χ3n) is 1.81. The maximum absolute atomic E-state index is 12.7. The van der Waals surface area contributed by atoms with E-state index in [1.54, 1.807) is 0 Å². The highest BCUT2D eigenvalue weighted by Crippen LogP contribution is 2.46. The van der Waals surface area contributed by atoms with Crippen LogP contribution in [0.1, 0.15) is 0 Å². The Balaban J connectivity index is 3.42. The number of alkyl halides is 4. The third kappa shape index (κ3) is 0.932. The molecule has 8 heteroatoms. The molecule has 0 fully saturated rings. The predicted molar refractivity (Wildman–Crippen MR) is 38.0 cm³/mol. The number of rotatable bonds is 1. The van der Waals surface area contributed by atoms with Crippen LogP contribution in [-0.2, 0) is 4.79 Å². The number of allylic oxidation sites excluding steroid dienone is 1. The van der Waals surface area contributed by atoms with E-state index in [4.69, 9.17) is 5.41 Å². The van der Waals surface area contributed by atoms with Crippen molar-refractivity contribution < 1.29 is 22.4 Å². The lowest BCUT2D eigenvalue weighted by molar-refractivity contribution is -0.135. The minimum atomic E-state index is -4.78. The van der Waals surface area contributed by atoms with Gasteiger partial charge in [0.15, 0.2) is 0 Å². The fourth-order valence-electron chi connectivity index (χ4n) is 1.03. The van der Waals surface area contributed by atoms with Crippen LogP contribution in [-0.4, -0.2) is 23.5 Å². The SMILES string of the molecule is N=C1C(C(N)=O)=C(N)C(F)(F)C1(F)F. The largest absolute Gasteiger partial charge is 0.396 e. The van der Waals surface area contributed by atoms with Crippen LogP contribution < -0.4 is 11.5 Å². The number of amides is 1. The first kappa shape index (κ1) is 10.5. The Kier molecular flexibility index (Phi) is 1.84. The monoisotopic (exact) mass is 211 g/mol. The number of hydrogen-bond donors (Lipinski definition) is 3. The first-order valence-electron chi connectivity index (χ1n) is 3.29. The molecule has 0 aliphatic heterocycles. The van der Waals surface area contributed by atoms with E-state index >= 15 is 0 Å². The minimum absolute atomic E-state index is 1.31. The van der Waals surface area contributed by atoms with E-state index in [0.29, 0.717) is 0 Å². The summed E-state index contributed by atoms with van der Waals surface area (Å²) in [5.74, 6) is -11.1. The summed E-state index contributed by atoms with van der Waals surface area (Å²) in [6.45, 7) is 0. The zero-order valence-corrected chi connectivity index (χ0v) is 6.57. The Morgan fingerprint density at radius 1 is 1.21 bits per heavy atom. The molecular formula is C6H5F4N3O. The van der Waals surface area contributed by atoms with Gasteiger partial charge in [-0.15, -0.1) is 0 Å². The van der Waals surface area contributed by atoms with Crippen LogP contribution in [0.4, 0.5) is 17.6 Å². The van der Waals surface area contributed by atoms with Gasteiger partial charge in [-0.25, -0.2) is 0 Å². The van der Waals surface area contributed by atoms with Crippen molar-refractivity contribution in [3.8, 4) is 0 Å². The van der Waals surface area contributed by atoms with Gasteiger partial charge in [0.05, 0.1) is 5.57 Å². The van der Waals surface area contributed by atoms with Gasteiger partial charge < -0.3 is 11.5 Å². The fourth-order valence-corrected chi connectivity index (χ4v) is 1.03. The molecule has 78 valence electrons. The molecule has 0 aromatic rings. The van der Waals surface area contributed by atoms with Crippen LogP contribution in [0.3, 0.4) is 0 Å². The lowest BCUT2D eigenvalue weighted by Crippen LogP contribution is -2.43. The summed E-state index contributed by atoms with van der Waals surface area (Å²) in [7, 11) is 0. The quantitative estimate of drug-likeness (QED) is 0.532. The third-order valence-corrected chi connectivity index (χ3v) is 1.81. The molecular weight excluding hydrogens is 206 g/mol. The second kappa shape index (κ2) is 2.46. The zero-order chi connectivity index (χ0) is 11.3. The lowest BCUT2D eigenvalue weighted by Gasteiger charge is -2.18. The highest BCUT2D eigenvalue weighted by Gasteiger charge is 2.68. The molecule has 0 bridgehead atoms. The van der Waals surface area contributed by atoms with Gasteiger partial charge in [0, 0.05) is 0 Å². The second-order valence-corrected chi connectivity index (χ2v) is 2.68. The number of nitrogens with two attached hydrogens (primary N) is 2. The van der Waals surface area contributed by atoms with E-state index in [1.165, 1.54) is 0 Å². The van der Waals surface area contributed by atoms with Crippen molar-refractivity contribution in [2.24, 2.45) is 11.5 Å². The Labute approximate surface area is 75.1 Å². The Bertz CT molecular complexity index is 360. The minimum Gasteiger partial charge on any atom is -0.396 e. The van der Waals surface area contributed by atoms with Crippen LogP contribution in [0.25, 0.3) is 0 Å². The summed E-state index contributed by atoms with van der Waals surface area (Å²) in [5.41, 5.74) is 4.37. The van der Waals surface area contributed by atoms with Crippen molar-refractivity contribution in [2.45, 2.75) is 11.8 Å². The number of nitrogens with one attached hydrogen (secondary N) is 1. The Morgan fingerprint density at radius 3 is 1.79 bits per heavy atom. The van der Waals surface area contributed by atoms with Crippen LogP contribution in [0, 0.1) is 5.41 Å². The molecule has 0 saturated heterocycles. The summed E-state index contributed by atoms with van der Waals surface area (Å²) >= 11 is 0. The molecule has 0 atom stereocenters. The lowest BCUT2D eigenvalue weighted by atomic mass is 10.1. The van der Waals surface area contributed by atoms with E-state index in [1.807, 2.05) is 0 Å². The van der Waals surface area contributed by atoms with Crippen molar-refractivity contribution in [3.63, 3.8) is 0 Å². The Morgan fingerprint density at radius 2 is 1.64 bits per heavy atom. The molecule has 14 heavy (non-hydrogen) atoms. The van der Waals surface area contributed by atoms with Gasteiger partial charge in [-0.05, 0) is 0 Å². The average molecular weight is 211 g/mol. The highest BCUT2D eigenvalue weighted by atomic mass is 19.3. The first-order valence-corrected chi connectivity index (χ1v) is 3.29. The van der Waals surface area contributed by atoms with E-state index in [2.05, 4.69) is 11.5 Å². The number of hydrogen-bond acceptors (Lipinski definition) is 3. The van der Waals surface area contributed by atoms with Crippen molar-refractivity contribution >= 4 is 11.6 Å². The average Bonchev–Trinajstić information content (AvgIpc) is 2.12. The molecule has 5 N–H and O–H groups in total. The summed E-state index contributed by atoms with van der Waals surface area (Å²) < 4.78 is 50.7. The normalized spacial score (nSPS) is 24.1. The molecule has 0 unspecified atom stereocenters. The summed E-state index contributed by atoms with van der Waals surface area (Å²) in [4.78, 5) is 10.5. The molecule has 4 nitrogen and oxygen atoms in total. The number of primary amides is 1. The van der Waals surface area contributed by atoms with Gasteiger partial charge in [-0.2, -0.15) is 17.6 Å². The van der Waals surface area contributed by atoms with Gasteiger partial charge >= 0.3 is 11.8 Å². The van der Waals surface area contributed by atoms with Crippen molar-refractivity contribution in [2.75, 3.05) is 0 Å². The van der Waals surface area contributed by atoms with Gasteiger partial charge in [0.1, 0.15) is 11.4 Å². The standard InChI is InChI=1S/C6H5F4N3O/c7-5(8)2(11)1(4(13)14)3(12)6(5,9)10/h11H,12H2,(H2,13,14). The van der Waals surface area contributed by atoms with Crippen LogP contribution in [0.15, 0.2) is 11.3 Å². The molecule has 0 spiro atoms. The van der Waals surface area contributed by atoms with Crippen molar-refractivity contribution in [1.82, 2.24) is 0 Å². The van der Waals surface area contributed by atoms with E-state index in [0.717, 1.165) is 0 Å².